The Labute approximate surface area is 606 Å². The lowest BCUT2D eigenvalue weighted by atomic mass is 10.0. The molecule has 2 aliphatic rings. The van der Waals surface area contributed by atoms with Crippen molar-refractivity contribution >= 4 is 101 Å². The van der Waals surface area contributed by atoms with Crippen molar-refractivity contribution in [1.29, 1.82) is 0 Å². The van der Waals surface area contributed by atoms with Crippen molar-refractivity contribution in [1.82, 2.24) is 49.0 Å². The van der Waals surface area contributed by atoms with Crippen LogP contribution < -0.4 is 9.80 Å². The minimum atomic E-state index is 0.578. The molecule has 0 unspecified atom stereocenters. The first-order valence-electron chi connectivity index (χ1n) is 35.1. The van der Waals surface area contributed by atoms with E-state index in [4.69, 9.17) is 48.7 Å². The molecule has 0 fully saturated rings. The summed E-state index contributed by atoms with van der Waals surface area (Å²) in [5.74, 6) is 5.28. The van der Waals surface area contributed by atoms with E-state index in [1.807, 2.05) is 158 Å². The minimum absolute atomic E-state index is 0.578. The van der Waals surface area contributed by atoms with Crippen LogP contribution in [0.4, 0.5) is 34.6 Å². The smallest absolute Gasteiger partial charge is 0.220 e. The zero-order chi connectivity index (χ0) is 69.8. The van der Waals surface area contributed by atoms with Crippen molar-refractivity contribution in [3.63, 3.8) is 0 Å². The predicted molar refractivity (Wildman–Crippen MR) is 423 cm³/mol. The van der Waals surface area contributed by atoms with Crippen LogP contribution in [0.15, 0.2) is 349 Å². The number of hydrogen-bond acceptors (Lipinski definition) is 12. The molecule has 0 radical (unpaired) electrons. The number of para-hydroxylation sites is 8. The van der Waals surface area contributed by atoms with Crippen molar-refractivity contribution in [2.75, 3.05) is 9.80 Å². The summed E-state index contributed by atoms with van der Waals surface area (Å²) in [6.07, 6.45) is 0. The Kier molecular flexibility index (Phi) is 13.9. The van der Waals surface area contributed by atoms with Crippen LogP contribution in [-0.2, 0) is 0 Å². The molecule has 20 aromatic rings. The third kappa shape index (κ3) is 9.95. The summed E-state index contributed by atoms with van der Waals surface area (Å²) in [4.78, 5) is 45.0. The second-order valence-electron chi connectivity index (χ2n) is 26.2. The number of hydrogen-bond donors (Lipinski definition) is 0. The molecule has 14 heteroatoms. The highest BCUT2D eigenvalue weighted by Crippen LogP contribution is 2.51. The van der Waals surface area contributed by atoms with E-state index in [1.165, 1.54) is 0 Å². The van der Waals surface area contributed by atoms with Gasteiger partial charge in [0.15, 0.2) is 34.9 Å². The van der Waals surface area contributed by atoms with E-state index in [2.05, 4.69) is 201 Å². The lowest BCUT2D eigenvalue weighted by Gasteiger charge is -2.24. The molecule has 106 heavy (non-hydrogen) atoms. The van der Waals surface area contributed by atoms with Crippen molar-refractivity contribution in [2.45, 2.75) is 0 Å². The SMILES string of the molecule is c1ccc(-c2nc(-c3ccccc3)nc(-c3ccc4oc5ccc(N6c7ccccc7-c7ccccc7-n7c6nc6ccccc67)cc5c4c3)n2)cc1.c1ccc(-c2nc(-c3ccccc3)nc(-c3cccc4oc5ccc(N6c7ccccc7-c7ccccc7-n7c6nc6ccccc67)cc5c34)n2)cc1. The first-order chi connectivity index (χ1) is 52.5. The molecule has 22 rings (SSSR count). The Morgan fingerprint density at radius 3 is 1.03 bits per heavy atom. The summed E-state index contributed by atoms with van der Waals surface area (Å²) in [5, 5.41) is 3.86. The molecule has 0 amide bonds. The molecule has 2 aliphatic heterocycles. The monoisotopic (exact) mass is 1360 g/mol. The lowest BCUT2D eigenvalue weighted by molar-refractivity contribution is 0.668. The summed E-state index contributed by atoms with van der Waals surface area (Å²) >= 11 is 0. The Morgan fingerprint density at radius 2 is 0.557 bits per heavy atom. The highest BCUT2D eigenvalue weighted by atomic mass is 16.3. The van der Waals surface area contributed by atoms with E-state index < -0.39 is 0 Å². The van der Waals surface area contributed by atoms with Gasteiger partial charge in [-0.1, -0.05) is 231 Å². The van der Waals surface area contributed by atoms with Gasteiger partial charge in [0.1, 0.15) is 22.3 Å². The first-order valence-corrected chi connectivity index (χ1v) is 35.1. The van der Waals surface area contributed by atoms with Gasteiger partial charge in [0.05, 0.1) is 44.8 Å². The molecular weight excluding hydrogens is 1310 g/mol. The number of rotatable bonds is 8. The van der Waals surface area contributed by atoms with Gasteiger partial charge in [0, 0.05) is 88.6 Å². The molecule has 0 N–H and O–H groups in total. The van der Waals surface area contributed by atoms with Crippen molar-refractivity contribution in [3.8, 4) is 102 Å². The van der Waals surface area contributed by atoms with E-state index in [1.54, 1.807) is 0 Å². The van der Waals surface area contributed by atoms with Gasteiger partial charge in [-0.05, 0) is 109 Å². The van der Waals surface area contributed by atoms with Gasteiger partial charge < -0.3 is 8.83 Å². The van der Waals surface area contributed by atoms with Crippen LogP contribution in [0.25, 0.3) is 168 Å². The highest BCUT2D eigenvalue weighted by molar-refractivity contribution is 6.14. The van der Waals surface area contributed by atoms with E-state index in [0.29, 0.717) is 34.9 Å². The molecule has 0 bridgehead atoms. The summed E-state index contributed by atoms with van der Waals surface area (Å²) in [6, 6.07) is 116. The topological polar surface area (TPSA) is 146 Å². The van der Waals surface area contributed by atoms with Gasteiger partial charge in [0.2, 0.25) is 11.9 Å². The molecule has 0 atom stereocenters. The number of fused-ring (bicyclic) bond motifs is 20. The number of nitrogens with zero attached hydrogens (tertiary/aromatic N) is 12. The molecule has 14 nitrogen and oxygen atoms in total. The Hall–Kier alpha value is -14.8. The van der Waals surface area contributed by atoms with Crippen LogP contribution in [0.3, 0.4) is 0 Å². The van der Waals surface area contributed by atoms with E-state index >= 15 is 0 Å². The Morgan fingerprint density at radius 1 is 0.217 bits per heavy atom. The molecule has 0 spiro atoms. The summed E-state index contributed by atoms with van der Waals surface area (Å²) < 4.78 is 17.5. The van der Waals surface area contributed by atoms with Crippen molar-refractivity contribution in [3.05, 3.63) is 340 Å². The van der Waals surface area contributed by atoms with Gasteiger partial charge in [-0.3, -0.25) is 18.9 Å². The maximum absolute atomic E-state index is 6.54. The Bertz CT molecular complexity index is 6750. The fourth-order valence-electron chi connectivity index (χ4n) is 15.2. The van der Waals surface area contributed by atoms with Gasteiger partial charge in [-0.25, -0.2) is 39.9 Å². The van der Waals surface area contributed by atoms with E-state index in [9.17, 15) is 0 Å². The average molecular weight is 1360 g/mol. The zero-order valence-electron chi connectivity index (χ0n) is 56.5. The van der Waals surface area contributed by atoms with E-state index in [0.717, 1.165) is 168 Å². The molecule has 0 saturated carbocycles. The lowest BCUT2D eigenvalue weighted by Crippen LogP contribution is -2.14. The van der Waals surface area contributed by atoms with Gasteiger partial charge in [-0.2, -0.15) is 0 Å². The van der Waals surface area contributed by atoms with Crippen LogP contribution in [0.2, 0.25) is 0 Å². The van der Waals surface area contributed by atoms with Gasteiger partial charge in [0.25, 0.3) is 0 Å². The number of benzene rings is 14. The molecule has 6 aromatic heterocycles. The van der Waals surface area contributed by atoms with Gasteiger partial charge >= 0.3 is 0 Å². The standard InChI is InChI=1S/2C46H28N6O/c1-3-14-29(15-4-1)43-48-44(30-16-5-2-6-17-30)50-45(49-43)34-20-13-25-41-42(34)35-28-31(26-27-40(35)53-41)51-37-22-10-7-18-32(37)33-19-8-11-23-38(33)52-39-24-12-9-21-36(39)47-46(51)52;1-3-13-29(14-4-1)43-48-44(30-15-5-2-6-16-30)50-45(49-43)31-23-25-41-35(27-31)36-28-32(24-26-42(36)53-41)51-38-20-10-7-17-33(38)34-18-8-11-21-39(34)52-40-22-12-9-19-37(40)47-46(51)52/h2*1-28H. The second kappa shape index (κ2) is 24.5. The average Bonchev–Trinajstić information content (AvgIpc) is 1.57. The Balaban J connectivity index is 0.000000136. The normalized spacial score (nSPS) is 12.1. The second-order valence-corrected chi connectivity index (χ2v) is 26.2. The third-order valence-corrected chi connectivity index (χ3v) is 20.0. The fourth-order valence-corrected chi connectivity index (χ4v) is 15.2. The molecular formula is C92H56N12O2. The van der Waals surface area contributed by atoms with E-state index in [-0.39, 0.29) is 0 Å². The summed E-state index contributed by atoms with van der Waals surface area (Å²) in [7, 11) is 0. The van der Waals surface area contributed by atoms with Crippen LogP contribution in [0.5, 0.6) is 0 Å². The minimum Gasteiger partial charge on any atom is -0.456 e. The third-order valence-electron chi connectivity index (χ3n) is 20.0. The number of aromatic nitrogens is 10. The van der Waals surface area contributed by atoms with Crippen LogP contribution in [-0.4, -0.2) is 49.0 Å². The summed E-state index contributed by atoms with van der Waals surface area (Å²) in [5.41, 5.74) is 23.3. The molecule has 0 aliphatic carbocycles. The number of furan rings is 2. The molecule has 8 heterocycles. The first kappa shape index (κ1) is 60.0. The molecule has 0 saturated heterocycles. The molecule has 496 valence electrons. The van der Waals surface area contributed by atoms with Crippen LogP contribution in [0.1, 0.15) is 0 Å². The summed E-state index contributed by atoms with van der Waals surface area (Å²) in [6.45, 7) is 0. The van der Waals surface area contributed by atoms with Crippen LogP contribution >= 0.6 is 0 Å². The van der Waals surface area contributed by atoms with Crippen molar-refractivity contribution in [2.24, 2.45) is 0 Å². The number of anilines is 6. The van der Waals surface area contributed by atoms with Gasteiger partial charge in [-0.15, -0.1) is 0 Å². The molecule has 14 aromatic carbocycles. The zero-order valence-corrected chi connectivity index (χ0v) is 56.5. The number of imidazole rings is 2. The van der Waals surface area contributed by atoms with Crippen molar-refractivity contribution < 1.29 is 8.83 Å². The highest BCUT2D eigenvalue weighted by Gasteiger charge is 2.32. The fraction of sp³-hybridized carbons (Fsp3) is 0. The quantitative estimate of drug-likeness (QED) is 0.143. The van der Waals surface area contributed by atoms with Crippen LogP contribution in [0, 0.1) is 0 Å². The predicted octanol–water partition coefficient (Wildman–Crippen LogP) is 23.1. The maximum Gasteiger partial charge on any atom is 0.220 e. The largest absolute Gasteiger partial charge is 0.456 e. The maximum atomic E-state index is 6.54.